The van der Waals surface area contributed by atoms with Crippen molar-refractivity contribution in [2.75, 3.05) is 4.90 Å². The molecule has 0 aromatic heterocycles. The lowest BCUT2D eigenvalue weighted by molar-refractivity contribution is 0.693. The first-order valence-electron chi connectivity index (χ1n) is 7.96. The van der Waals surface area contributed by atoms with Crippen LogP contribution < -0.4 is 4.90 Å². The lowest BCUT2D eigenvalue weighted by Crippen LogP contribution is -2.36. The number of para-hydroxylation sites is 1. The van der Waals surface area contributed by atoms with E-state index >= 15 is 0 Å². The Hall–Kier alpha value is -2.35. The summed E-state index contributed by atoms with van der Waals surface area (Å²) in [5.41, 5.74) is 5.11. The predicted octanol–water partition coefficient (Wildman–Crippen LogP) is 4.67. The lowest BCUT2D eigenvalue weighted by atomic mass is 9.99. The third-order valence-corrected chi connectivity index (χ3v) is 4.51. The minimum atomic E-state index is 0.0887. The Labute approximate surface area is 131 Å². The number of nitrogens with zero attached hydrogens (tertiary/aromatic N) is 2. The molecule has 4 rings (SSSR count). The summed E-state index contributed by atoms with van der Waals surface area (Å²) in [4.78, 5) is 7.50. The molecule has 0 N–H and O–H groups in total. The number of hydrogen-bond acceptors (Lipinski definition) is 2. The topological polar surface area (TPSA) is 15.6 Å². The largest absolute Gasteiger partial charge is 0.334 e. The van der Waals surface area contributed by atoms with Crippen molar-refractivity contribution in [2.45, 2.75) is 32.0 Å². The van der Waals surface area contributed by atoms with Crippen molar-refractivity contribution in [1.29, 1.82) is 0 Å². The zero-order chi connectivity index (χ0) is 14.9. The highest BCUT2D eigenvalue weighted by Gasteiger charge is 2.36. The Balaban J connectivity index is 1.79. The second-order valence-electron chi connectivity index (χ2n) is 6.06. The number of benzene rings is 2. The summed E-state index contributed by atoms with van der Waals surface area (Å²) in [7, 11) is 0. The van der Waals surface area contributed by atoms with Crippen LogP contribution in [0, 0.1) is 6.92 Å². The fraction of sp³-hybridized carbons (Fsp3) is 0.250. The van der Waals surface area contributed by atoms with E-state index in [1.807, 2.05) is 0 Å². The molecule has 0 amide bonds. The molecule has 2 aromatic carbocycles. The maximum absolute atomic E-state index is 5.06. The Morgan fingerprint density at radius 3 is 2.55 bits per heavy atom. The van der Waals surface area contributed by atoms with Crippen molar-refractivity contribution >= 4 is 11.4 Å². The highest BCUT2D eigenvalue weighted by atomic mass is 15.3. The van der Waals surface area contributed by atoms with Gasteiger partial charge in [0.15, 0.2) is 0 Å². The van der Waals surface area contributed by atoms with Crippen LogP contribution in [0.25, 0.3) is 0 Å². The van der Waals surface area contributed by atoms with Gasteiger partial charge in [-0.1, -0.05) is 60.2 Å². The van der Waals surface area contributed by atoms with Crippen LogP contribution >= 0.6 is 0 Å². The minimum Gasteiger partial charge on any atom is -0.334 e. The molecule has 2 aromatic rings. The molecular formula is C20H20N2. The summed E-state index contributed by atoms with van der Waals surface area (Å²) in [6.07, 6.45) is 6.87. The SMILES string of the molecule is Cc1ccc(C2N=C3CCC=CC3N2c2ccccc2)cc1. The number of anilines is 1. The standard InChI is InChI=1S/C20H20N2/c1-15-11-13-16(14-12-15)20-21-18-9-5-6-10-19(18)22(20)17-7-3-2-4-8-17/h2-4,6-8,10-14,19-20H,5,9H2,1H3. The van der Waals surface area contributed by atoms with Crippen LogP contribution in [-0.2, 0) is 0 Å². The van der Waals surface area contributed by atoms with Gasteiger partial charge in [0.2, 0.25) is 0 Å². The molecule has 0 spiro atoms. The third-order valence-electron chi connectivity index (χ3n) is 4.51. The summed E-state index contributed by atoms with van der Waals surface area (Å²) in [6.45, 7) is 2.13. The van der Waals surface area contributed by atoms with E-state index in [1.165, 1.54) is 22.5 Å². The van der Waals surface area contributed by atoms with Gasteiger partial charge in [0.05, 0.1) is 6.04 Å². The monoisotopic (exact) mass is 288 g/mol. The Kier molecular flexibility index (Phi) is 3.30. The van der Waals surface area contributed by atoms with Crippen LogP contribution in [0.1, 0.15) is 30.1 Å². The third kappa shape index (κ3) is 2.25. The van der Waals surface area contributed by atoms with Gasteiger partial charge in [0.1, 0.15) is 6.17 Å². The van der Waals surface area contributed by atoms with Crippen LogP contribution in [0.15, 0.2) is 71.7 Å². The summed E-state index contributed by atoms with van der Waals surface area (Å²) >= 11 is 0. The summed E-state index contributed by atoms with van der Waals surface area (Å²) in [6, 6.07) is 19.7. The predicted molar refractivity (Wildman–Crippen MR) is 92.4 cm³/mol. The normalized spacial score (nSPS) is 23.3. The first kappa shape index (κ1) is 13.3. The van der Waals surface area contributed by atoms with E-state index in [0.717, 1.165) is 12.8 Å². The number of aryl methyl sites for hydroxylation is 1. The molecule has 0 saturated heterocycles. The molecule has 2 heteroatoms. The smallest absolute Gasteiger partial charge is 0.147 e. The fourth-order valence-electron chi connectivity index (χ4n) is 3.36. The molecule has 0 bridgehead atoms. The van der Waals surface area contributed by atoms with Gasteiger partial charge in [-0.3, -0.25) is 4.99 Å². The van der Waals surface area contributed by atoms with Crippen LogP contribution in [0.5, 0.6) is 0 Å². The lowest BCUT2D eigenvalue weighted by Gasteiger charge is -2.31. The molecule has 0 saturated carbocycles. The van der Waals surface area contributed by atoms with Crippen molar-refractivity contribution in [3.05, 3.63) is 77.9 Å². The van der Waals surface area contributed by atoms with Crippen molar-refractivity contribution in [2.24, 2.45) is 4.99 Å². The first-order chi connectivity index (χ1) is 10.8. The van der Waals surface area contributed by atoms with E-state index < -0.39 is 0 Å². The van der Waals surface area contributed by atoms with Crippen molar-refractivity contribution in [3.8, 4) is 0 Å². The van der Waals surface area contributed by atoms with Gasteiger partial charge in [0, 0.05) is 11.4 Å². The summed E-state index contributed by atoms with van der Waals surface area (Å²) in [5, 5.41) is 0. The van der Waals surface area contributed by atoms with Gasteiger partial charge in [-0.25, -0.2) is 0 Å². The maximum atomic E-state index is 5.06. The first-order valence-corrected chi connectivity index (χ1v) is 7.96. The fourth-order valence-corrected chi connectivity index (χ4v) is 3.36. The molecule has 2 nitrogen and oxygen atoms in total. The van der Waals surface area contributed by atoms with Crippen LogP contribution in [0.3, 0.4) is 0 Å². The molecule has 2 unspecified atom stereocenters. The Morgan fingerprint density at radius 1 is 1.00 bits per heavy atom. The van der Waals surface area contributed by atoms with Crippen LogP contribution in [-0.4, -0.2) is 11.8 Å². The van der Waals surface area contributed by atoms with E-state index in [-0.39, 0.29) is 6.17 Å². The highest BCUT2D eigenvalue weighted by molar-refractivity contribution is 5.97. The molecule has 1 aliphatic heterocycles. The van der Waals surface area contributed by atoms with Gasteiger partial charge in [0.25, 0.3) is 0 Å². The Bertz CT molecular complexity index is 713. The molecule has 1 heterocycles. The molecule has 22 heavy (non-hydrogen) atoms. The van der Waals surface area contributed by atoms with Crippen LogP contribution in [0.4, 0.5) is 5.69 Å². The second kappa shape index (κ2) is 5.45. The number of hydrogen-bond donors (Lipinski definition) is 0. The van der Waals surface area contributed by atoms with E-state index in [2.05, 4.69) is 78.6 Å². The Morgan fingerprint density at radius 2 is 1.77 bits per heavy atom. The zero-order valence-electron chi connectivity index (χ0n) is 12.8. The molecule has 1 aliphatic carbocycles. The zero-order valence-corrected chi connectivity index (χ0v) is 12.8. The van der Waals surface area contributed by atoms with Gasteiger partial charge in [-0.2, -0.15) is 0 Å². The summed E-state index contributed by atoms with van der Waals surface area (Å²) in [5.74, 6) is 0. The van der Waals surface area contributed by atoms with Crippen molar-refractivity contribution in [1.82, 2.24) is 0 Å². The van der Waals surface area contributed by atoms with Gasteiger partial charge in [-0.15, -0.1) is 0 Å². The molecule has 2 aliphatic rings. The number of allylic oxidation sites excluding steroid dienone is 1. The van der Waals surface area contributed by atoms with Crippen molar-refractivity contribution in [3.63, 3.8) is 0 Å². The van der Waals surface area contributed by atoms with Crippen molar-refractivity contribution < 1.29 is 0 Å². The maximum Gasteiger partial charge on any atom is 0.147 e. The van der Waals surface area contributed by atoms with Gasteiger partial charge in [-0.05, 0) is 37.5 Å². The summed E-state index contributed by atoms with van der Waals surface area (Å²) < 4.78 is 0. The molecule has 2 atom stereocenters. The quantitative estimate of drug-likeness (QED) is 0.733. The van der Waals surface area contributed by atoms with E-state index in [0.29, 0.717) is 6.04 Å². The average Bonchev–Trinajstić information content (AvgIpc) is 2.96. The highest BCUT2D eigenvalue weighted by Crippen LogP contribution is 2.38. The molecular weight excluding hydrogens is 268 g/mol. The molecule has 0 radical (unpaired) electrons. The van der Waals surface area contributed by atoms with Gasteiger partial charge < -0.3 is 4.90 Å². The second-order valence-corrected chi connectivity index (χ2v) is 6.06. The average molecular weight is 288 g/mol. The van der Waals surface area contributed by atoms with E-state index in [4.69, 9.17) is 4.99 Å². The number of fused-ring (bicyclic) bond motifs is 1. The van der Waals surface area contributed by atoms with E-state index in [1.54, 1.807) is 0 Å². The molecule has 0 fully saturated rings. The van der Waals surface area contributed by atoms with E-state index in [9.17, 15) is 0 Å². The van der Waals surface area contributed by atoms with Gasteiger partial charge >= 0.3 is 0 Å². The molecule has 110 valence electrons. The number of rotatable bonds is 2. The minimum absolute atomic E-state index is 0.0887. The number of aliphatic imine (C=N–C) groups is 1. The van der Waals surface area contributed by atoms with Crippen LogP contribution in [0.2, 0.25) is 0 Å².